The first-order valence-corrected chi connectivity index (χ1v) is 10.7. The minimum atomic E-state index is -3.51. The first kappa shape index (κ1) is 18.6. The number of hydrogen-bond acceptors (Lipinski definition) is 7. The summed E-state index contributed by atoms with van der Waals surface area (Å²) in [7, 11) is -3.51. The van der Waals surface area contributed by atoms with Crippen molar-refractivity contribution in [2.75, 3.05) is 24.1 Å². The molecule has 3 N–H and O–H groups in total. The lowest BCUT2D eigenvalue weighted by Crippen LogP contribution is -2.36. The van der Waals surface area contributed by atoms with E-state index in [0.29, 0.717) is 47.4 Å². The summed E-state index contributed by atoms with van der Waals surface area (Å²) in [6.07, 6.45) is 4.30. The van der Waals surface area contributed by atoms with E-state index in [-0.39, 0.29) is 0 Å². The van der Waals surface area contributed by atoms with E-state index >= 15 is 0 Å². The Morgan fingerprint density at radius 2 is 1.82 bits per heavy atom. The van der Waals surface area contributed by atoms with E-state index < -0.39 is 10.0 Å². The van der Waals surface area contributed by atoms with Crippen LogP contribution in [0.3, 0.4) is 0 Å². The Balaban J connectivity index is 1.62. The molecule has 0 unspecified atom stereocenters. The van der Waals surface area contributed by atoms with Gasteiger partial charge in [0, 0.05) is 19.6 Å². The smallest absolute Gasteiger partial charge is 0.243 e. The van der Waals surface area contributed by atoms with Gasteiger partial charge >= 0.3 is 0 Å². The Bertz CT molecular complexity index is 1100. The van der Waals surface area contributed by atoms with Crippen LogP contribution in [0.25, 0.3) is 11.0 Å². The molecule has 0 saturated carbocycles. The number of fused-ring (bicyclic) bond motifs is 1. The Morgan fingerprint density at radius 3 is 2.64 bits per heavy atom. The minimum absolute atomic E-state index is 0.319. The summed E-state index contributed by atoms with van der Waals surface area (Å²) < 4.78 is 27.8. The molecule has 28 heavy (non-hydrogen) atoms. The van der Waals surface area contributed by atoms with Crippen LogP contribution in [0, 0.1) is 0 Å². The number of sulfonamides is 1. The normalized spacial score (nSPS) is 15.6. The lowest BCUT2D eigenvalue weighted by Gasteiger charge is -2.26. The summed E-state index contributed by atoms with van der Waals surface area (Å²) in [6.45, 7) is 1.47. The highest BCUT2D eigenvalue weighted by Crippen LogP contribution is 2.25. The molecule has 0 amide bonds. The van der Waals surface area contributed by atoms with Crippen molar-refractivity contribution in [1.29, 1.82) is 0 Å². The third-order valence-corrected chi connectivity index (χ3v) is 6.87. The van der Waals surface area contributed by atoms with Gasteiger partial charge in [-0.25, -0.2) is 23.4 Å². The maximum atomic E-state index is 13.1. The molecule has 0 radical (unpaired) electrons. The molecule has 146 valence electrons. The summed E-state index contributed by atoms with van der Waals surface area (Å²) in [5.74, 6) is 0.970. The maximum absolute atomic E-state index is 13.1. The Kier molecular flexibility index (Phi) is 5.10. The molecule has 0 aliphatic carbocycles. The average Bonchev–Trinajstić information content (AvgIpc) is 2.72. The number of benzene rings is 1. The lowest BCUT2D eigenvalue weighted by atomic mass is 10.2. The molecular formula is C19H22N6O2S. The number of nitrogens with two attached hydrogens (primary N) is 1. The highest BCUT2D eigenvalue weighted by molar-refractivity contribution is 7.89. The van der Waals surface area contributed by atoms with E-state index in [1.807, 2.05) is 12.1 Å². The molecule has 1 aliphatic heterocycles. The van der Waals surface area contributed by atoms with Crippen LogP contribution >= 0.6 is 0 Å². The monoisotopic (exact) mass is 398 g/mol. The van der Waals surface area contributed by atoms with Crippen molar-refractivity contribution in [3.63, 3.8) is 0 Å². The van der Waals surface area contributed by atoms with Crippen LogP contribution in [-0.2, 0) is 16.6 Å². The topological polar surface area (TPSA) is 114 Å². The Hall–Kier alpha value is -2.78. The number of piperidine rings is 1. The van der Waals surface area contributed by atoms with Gasteiger partial charge in [0.25, 0.3) is 0 Å². The van der Waals surface area contributed by atoms with Gasteiger partial charge in [-0.3, -0.25) is 0 Å². The molecule has 0 spiro atoms. The fraction of sp³-hybridized carbons (Fsp3) is 0.316. The van der Waals surface area contributed by atoms with Crippen molar-refractivity contribution in [2.24, 2.45) is 0 Å². The van der Waals surface area contributed by atoms with Crippen molar-refractivity contribution < 1.29 is 8.42 Å². The van der Waals surface area contributed by atoms with Crippen molar-refractivity contribution in [3.8, 4) is 0 Å². The van der Waals surface area contributed by atoms with Crippen LogP contribution in [0.2, 0.25) is 0 Å². The molecule has 2 aromatic heterocycles. The molecule has 9 heteroatoms. The highest BCUT2D eigenvalue weighted by atomic mass is 32.2. The largest absolute Gasteiger partial charge is 0.384 e. The molecule has 8 nitrogen and oxygen atoms in total. The fourth-order valence-electron chi connectivity index (χ4n) is 3.42. The van der Waals surface area contributed by atoms with Crippen LogP contribution in [0.4, 0.5) is 11.6 Å². The standard InChI is InChI=1S/C19H22N6O2S/c20-17-9-8-15-18(22-13-23-19(15)24-17)21-12-14-6-2-3-7-16(14)28(26,27)25-10-4-1-5-11-25/h2-3,6-9,13H,1,4-5,10-12H2,(H3,20,21,22,23,24). The molecule has 1 fully saturated rings. The maximum Gasteiger partial charge on any atom is 0.243 e. The number of rotatable bonds is 5. The number of aromatic nitrogens is 3. The molecule has 4 rings (SSSR count). The van der Waals surface area contributed by atoms with Gasteiger partial charge in [-0.05, 0) is 36.6 Å². The number of hydrogen-bond donors (Lipinski definition) is 2. The van der Waals surface area contributed by atoms with Gasteiger partial charge in [-0.1, -0.05) is 24.6 Å². The zero-order valence-electron chi connectivity index (χ0n) is 15.4. The second-order valence-electron chi connectivity index (χ2n) is 6.76. The van der Waals surface area contributed by atoms with Crippen LogP contribution in [0.5, 0.6) is 0 Å². The quantitative estimate of drug-likeness (QED) is 0.678. The predicted octanol–water partition coefficient (Wildman–Crippen LogP) is 2.39. The van der Waals surface area contributed by atoms with Crippen LogP contribution in [-0.4, -0.2) is 40.8 Å². The second kappa shape index (κ2) is 7.69. The van der Waals surface area contributed by atoms with Crippen LogP contribution < -0.4 is 11.1 Å². The highest BCUT2D eigenvalue weighted by Gasteiger charge is 2.27. The number of pyridine rings is 1. The molecular weight excluding hydrogens is 376 g/mol. The summed E-state index contributed by atoms with van der Waals surface area (Å²) in [5.41, 5.74) is 6.90. The van der Waals surface area contributed by atoms with Gasteiger partial charge in [0.2, 0.25) is 10.0 Å². The Labute approximate surface area is 163 Å². The third-order valence-electron chi connectivity index (χ3n) is 4.87. The van der Waals surface area contributed by atoms with Crippen LogP contribution in [0.15, 0.2) is 47.6 Å². The number of nitrogen functional groups attached to an aromatic ring is 1. The number of anilines is 2. The van der Waals surface area contributed by atoms with E-state index in [0.717, 1.165) is 24.6 Å². The van der Waals surface area contributed by atoms with E-state index in [2.05, 4.69) is 20.3 Å². The molecule has 0 atom stereocenters. The Morgan fingerprint density at radius 1 is 1.04 bits per heavy atom. The van der Waals surface area contributed by atoms with Gasteiger partial charge in [-0.15, -0.1) is 0 Å². The first-order valence-electron chi connectivity index (χ1n) is 9.25. The van der Waals surface area contributed by atoms with E-state index in [4.69, 9.17) is 5.73 Å². The molecule has 3 heterocycles. The molecule has 1 saturated heterocycles. The molecule has 1 aliphatic rings. The van der Waals surface area contributed by atoms with Crippen LogP contribution in [0.1, 0.15) is 24.8 Å². The lowest BCUT2D eigenvalue weighted by molar-refractivity contribution is 0.346. The van der Waals surface area contributed by atoms with E-state index in [1.54, 1.807) is 28.6 Å². The van der Waals surface area contributed by atoms with Gasteiger partial charge in [-0.2, -0.15) is 4.31 Å². The zero-order valence-corrected chi connectivity index (χ0v) is 16.2. The number of nitrogens with zero attached hydrogens (tertiary/aromatic N) is 4. The van der Waals surface area contributed by atoms with Gasteiger partial charge in [0.1, 0.15) is 18.0 Å². The van der Waals surface area contributed by atoms with Gasteiger partial charge in [0.15, 0.2) is 5.65 Å². The second-order valence-corrected chi connectivity index (χ2v) is 8.66. The van der Waals surface area contributed by atoms with Crippen molar-refractivity contribution >= 4 is 32.7 Å². The first-order chi connectivity index (χ1) is 13.6. The van der Waals surface area contributed by atoms with Crippen molar-refractivity contribution in [3.05, 3.63) is 48.3 Å². The van der Waals surface area contributed by atoms with Gasteiger partial charge in [0.05, 0.1) is 10.3 Å². The van der Waals surface area contributed by atoms with E-state index in [9.17, 15) is 8.42 Å². The van der Waals surface area contributed by atoms with E-state index in [1.165, 1.54) is 6.33 Å². The zero-order chi connectivity index (χ0) is 19.6. The predicted molar refractivity (Wildman–Crippen MR) is 108 cm³/mol. The summed E-state index contributed by atoms with van der Waals surface area (Å²) in [4.78, 5) is 12.9. The molecule has 1 aromatic carbocycles. The summed E-state index contributed by atoms with van der Waals surface area (Å²) >= 11 is 0. The van der Waals surface area contributed by atoms with Gasteiger partial charge < -0.3 is 11.1 Å². The minimum Gasteiger partial charge on any atom is -0.384 e. The third kappa shape index (κ3) is 3.63. The van der Waals surface area contributed by atoms with Crippen molar-refractivity contribution in [1.82, 2.24) is 19.3 Å². The SMILES string of the molecule is Nc1ccc2c(NCc3ccccc3S(=O)(=O)N3CCCCC3)ncnc2n1. The summed E-state index contributed by atoms with van der Waals surface area (Å²) in [5, 5.41) is 3.95. The number of nitrogens with one attached hydrogen (secondary N) is 1. The summed E-state index contributed by atoms with van der Waals surface area (Å²) in [6, 6.07) is 10.6. The average molecular weight is 398 g/mol. The molecule has 0 bridgehead atoms. The van der Waals surface area contributed by atoms with Crippen molar-refractivity contribution in [2.45, 2.75) is 30.7 Å². The fourth-order valence-corrected chi connectivity index (χ4v) is 5.16. The molecule has 3 aromatic rings.